The monoisotopic (exact) mass is 275 g/mol. The highest BCUT2D eigenvalue weighted by atomic mass is 15.4. The largest absolute Gasteiger partial charge is 0.312 e. The number of aryl methyl sites for hydroxylation is 3. The highest BCUT2D eigenvalue weighted by Gasteiger charge is 2.18. The molecule has 0 saturated carbocycles. The Morgan fingerprint density at radius 2 is 1.75 bits per heavy atom. The fraction of sp³-hybridized carbons (Fsp3) is 0.600. The summed E-state index contributed by atoms with van der Waals surface area (Å²) in [6.45, 7) is 12.4. The topological polar surface area (TPSA) is 47.7 Å². The Morgan fingerprint density at radius 1 is 1.05 bits per heavy atom. The van der Waals surface area contributed by atoms with Crippen molar-refractivity contribution in [3.8, 4) is 5.82 Å². The van der Waals surface area contributed by atoms with E-state index in [1.54, 1.807) is 0 Å². The summed E-state index contributed by atoms with van der Waals surface area (Å²) in [5.74, 6) is 1.07. The minimum atomic E-state index is 0.834. The van der Waals surface area contributed by atoms with Gasteiger partial charge in [0.15, 0.2) is 5.82 Å². The summed E-state index contributed by atoms with van der Waals surface area (Å²) in [6, 6.07) is 0. The molecule has 110 valence electrons. The molecule has 0 unspecified atom stereocenters. The first-order valence-electron chi connectivity index (χ1n) is 7.23. The highest BCUT2D eigenvalue weighted by Crippen LogP contribution is 2.22. The van der Waals surface area contributed by atoms with Crippen molar-refractivity contribution in [3.05, 3.63) is 28.2 Å². The molecule has 0 aliphatic carbocycles. The van der Waals surface area contributed by atoms with Gasteiger partial charge in [-0.2, -0.15) is 10.2 Å². The quantitative estimate of drug-likeness (QED) is 0.852. The van der Waals surface area contributed by atoms with E-state index in [0.717, 1.165) is 36.7 Å². The highest BCUT2D eigenvalue weighted by molar-refractivity contribution is 5.40. The Bertz CT molecular complexity index is 606. The second kappa shape index (κ2) is 5.79. The molecule has 0 amide bonds. The van der Waals surface area contributed by atoms with Gasteiger partial charge in [0, 0.05) is 24.8 Å². The van der Waals surface area contributed by atoms with Gasteiger partial charge in [0.25, 0.3) is 0 Å². The molecule has 0 saturated heterocycles. The van der Waals surface area contributed by atoms with Gasteiger partial charge in [-0.05, 0) is 46.2 Å². The molecule has 5 nitrogen and oxygen atoms in total. The summed E-state index contributed by atoms with van der Waals surface area (Å²) >= 11 is 0. The Hall–Kier alpha value is -1.62. The first kappa shape index (κ1) is 14.8. The van der Waals surface area contributed by atoms with Crippen LogP contribution in [-0.2, 0) is 13.6 Å². The lowest BCUT2D eigenvalue weighted by Crippen LogP contribution is -2.17. The molecule has 0 radical (unpaired) electrons. The number of hydrogen-bond donors (Lipinski definition) is 1. The average Bonchev–Trinajstić information content (AvgIpc) is 2.81. The summed E-state index contributed by atoms with van der Waals surface area (Å²) < 4.78 is 3.95. The van der Waals surface area contributed by atoms with Gasteiger partial charge in [-0.3, -0.25) is 4.68 Å². The van der Waals surface area contributed by atoms with E-state index in [1.807, 2.05) is 16.4 Å². The average molecular weight is 275 g/mol. The molecule has 0 aromatic carbocycles. The normalized spacial score (nSPS) is 11.3. The van der Waals surface area contributed by atoms with Gasteiger partial charge in [0.2, 0.25) is 0 Å². The van der Waals surface area contributed by atoms with Crippen molar-refractivity contribution in [3.63, 3.8) is 0 Å². The standard InChI is InChI=1S/C15H25N5/c1-7-8-16-9-14-12(4)17-19(6)15(14)20-13(5)10(2)11(3)18-20/h16H,7-9H2,1-6H3. The maximum absolute atomic E-state index is 4.67. The fourth-order valence-electron chi connectivity index (χ4n) is 2.48. The molecule has 0 fully saturated rings. The van der Waals surface area contributed by atoms with E-state index >= 15 is 0 Å². The first-order chi connectivity index (χ1) is 9.47. The molecule has 2 aromatic heterocycles. The van der Waals surface area contributed by atoms with Crippen LogP contribution in [0.2, 0.25) is 0 Å². The summed E-state index contributed by atoms with van der Waals surface area (Å²) in [4.78, 5) is 0. The minimum absolute atomic E-state index is 0.834. The van der Waals surface area contributed by atoms with E-state index in [4.69, 9.17) is 0 Å². The summed E-state index contributed by atoms with van der Waals surface area (Å²) in [5.41, 5.74) is 5.80. The van der Waals surface area contributed by atoms with Gasteiger partial charge in [0.05, 0.1) is 11.4 Å². The zero-order valence-electron chi connectivity index (χ0n) is 13.4. The lowest BCUT2D eigenvalue weighted by Gasteiger charge is -2.09. The van der Waals surface area contributed by atoms with Gasteiger partial charge in [-0.25, -0.2) is 4.68 Å². The van der Waals surface area contributed by atoms with Gasteiger partial charge < -0.3 is 5.32 Å². The lowest BCUT2D eigenvalue weighted by molar-refractivity contribution is 0.654. The van der Waals surface area contributed by atoms with Gasteiger partial charge in [-0.15, -0.1) is 0 Å². The van der Waals surface area contributed by atoms with Crippen LogP contribution in [0.15, 0.2) is 0 Å². The summed E-state index contributed by atoms with van der Waals surface area (Å²) in [6.07, 6.45) is 1.13. The fourth-order valence-corrected chi connectivity index (χ4v) is 2.48. The van der Waals surface area contributed by atoms with Crippen LogP contribution in [0.1, 0.15) is 41.6 Å². The third-order valence-electron chi connectivity index (χ3n) is 3.90. The van der Waals surface area contributed by atoms with Crippen molar-refractivity contribution < 1.29 is 0 Å². The van der Waals surface area contributed by atoms with Crippen LogP contribution in [0.4, 0.5) is 0 Å². The molecule has 2 aromatic rings. The predicted octanol–water partition coefficient (Wildman–Crippen LogP) is 2.34. The van der Waals surface area contributed by atoms with E-state index in [1.165, 1.54) is 16.8 Å². The van der Waals surface area contributed by atoms with Crippen molar-refractivity contribution in [2.24, 2.45) is 7.05 Å². The second-order valence-corrected chi connectivity index (χ2v) is 5.40. The number of nitrogens with one attached hydrogen (secondary N) is 1. The van der Waals surface area contributed by atoms with E-state index in [2.05, 4.69) is 50.1 Å². The van der Waals surface area contributed by atoms with E-state index in [9.17, 15) is 0 Å². The molecule has 2 heterocycles. The number of rotatable bonds is 5. The first-order valence-corrected chi connectivity index (χ1v) is 7.23. The minimum Gasteiger partial charge on any atom is -0.312 e. The molecule has 0 atom stereocenters. The lowest BCUT2D eigenvalue weighted by atomic mass is 10.2. The van der Waals surface area contributed by atoms with Crippen LogP contribution in [0.25, 0.3) is 5.82 Å². The molecule has 1 N–H and O–H groups in total. The Morgan fingerprint density at radius 3 is 2.30 bits per heavy atom. The molecule has 0 aliphatic heterocycles. The van der Waals surface area contributed by atoms with Gasteiger partial charge in [-0.1, -0.05) is 6.92 Å². The molecule has 20 heavy (non-hydrogen) atoms. The molecule has 5 heteroatoms. The third kappa shape index (κ3) is 2.50. The maximum atomic E-state index is 4.67. The van der Waals surface area contributed by atoms with E-state index < -0.39 is 0 Å². The van der Waals surface area contributed by atoms with Crippen LogP contribution in [-0.4, -0.2) is 26.1 Å². The van der Waals surface area contributed by atoms with Crippen molar-refractivity contribution >= 4 is 0 Å². The van der Waals surface area contributed by atoms with Crippen LogP contribution >= 0.6 is 0 Å². The Balaban J connectivity index is 2.47. The van der Waals surface area contributed by atoms with Crippen molar-refractivity contribution in [2.45, 2.75) is 47.6 Å². The van der Waals surface area contributed by atoms with E-state index in [-0.39, 0.29) is 0 Å². The summed E-state index contributed by atoms with van der Waals surface area (Å²) in [5, 5.41) is 12.7. The smallest absolute Gasteiger partial charge is 0.156 e. The van der Waals surface area contributed by atoms with Crippen molar-refractivity contribution in [1.82, 2.24) is 24.9 Å². The number of nitrogens with zero attached hydrogens (tertiary/aromatic N) is 4. The molecular weight excluding hydrogens is 250 g/mol. The molecule has 0 aliphatic rings. The second-order valence-electron chi connectivity index (χ2n) is 5.40. The van der Waals surface area contributed by atoms with Crippen LogP contribution in [0, 0.1) is 27.7 Å². The zero-order chi connectivity index (χ0) is 14.9. The number of hydrogen-bond acceptors (Lipinski definition) is 3. The van der Waals surface area contributed by atoms with Crippen LogP contribution < -0.4 is 5.32 Å². The predicted molar refractivity (Wildman–Crippen MR) is 81.3 cm³/mol. The van der Waals surface area contributed by atoms with Crippen LogP contribution in [0.3, 0.4) is 0 Å². The van der Waals surface area contributed by atoms with Crippen molar-refractivity contribution in [1.29, 1.82) is 0 Å². The van der Waals surface area contributed by atoms with Gasteiger partial charge >= 0.3 is 0 Å². The Labute approximate surface area is 121 Å². The molecule has 2 rings (SSSR count). The SMILES string of the molecule is CCCNCc1c(C)nn(C)c1-n1nc(C)c(C)c1C. The molecule has 0 spiro atoms. The maximum Gasteiger partial charge on any atom is 0.156 e. The van der Waals surface area contributed by atoms with Crippen molar-refractivity contribution in [2.75, 3.05) is 6.54 Å². The zero-order valence-corrected chi connectivity index (χ0v) is 13.4. The summed E-state index contributed by atoms with van der Waals surface area (Å²) in [7, 11) is 1.98. The van der Waals surface area contributed by atoms with Gasteiger partial charge in [0.1, 0.15) is 0 Å². The molecule has 0 bridgehead atoms. The Kier molecular flexibility index (Phi) is 4.28. The van der Waals surface area contributed by atoms with E-state index in [0.29, 0.717) is 0 Å². The molecular formula is C15H25N5. The third-order valence-corrected chi connectivity index (χ3v) is 3.90. The van der Waals surface area contributed by atoms with Crippen LogP contribution in [0.5, 0.6) is 0 Å². The number of aromatic nitrogens is 4.